The molecule has 0 unspecified atom stereocenters. The van der Waals surface area contributed by atoms with E-state index < -0.39 is 46.4 Å². The molecule has 1 heterocycles. The van der Waals surface area contributed by atoms with Crippen molar-refractivity contribution in [2.45, 2.75) is 13.0 Å². The third-order valence-electron chi connectivity index (χ3n) is 2.95. The van der Waals surface area contributed by atoms with E-state index in [1.165, 1.54) is 0 Å². The Labute approximate surface area is 170 Å². The van der Waals surface area contributed by atoms with Crippen LogP contribution in [0.4, 0.5) is 17.6 Å². The van der Waals surface area contributed by atoms with E-state index in [9.17, 15) is 22.4 Å². The molecule has 0 bridgehead atoms. The summed E-state index contributed by atoms with van der Waals surface area (Å²) in [6, 6.07) is 4.98. The maximum atomic E-state index is 14.2. The number of rotatable bonds is 5. The van der Waals surface area contributed by atoms with Crippen LogP contribution in [-0.4, -0.2) is 17.6 Å². The van der Waals surface area contributed by atoms with Gasteiger partial charge in [0, 0.05) is 49.9 Å². The Morgan fingerprint density at radius 2 is 1.92 bits per heavy atom. The van der Waals surface area contributed by atoms with Crippen LogP contribution in [0, 0.1) is 30.0 Å². The van der Waals surface area contributed by atoms with Crippen LogP contribution in [-0.2, 0) is 39.3 Å². The summed E-state index contributed by atoms with van der Waals surface area (Å²) in [6.45, 7) is -1.29. The first-order valence-corrected chi connectivity index (χ1v) is 6.87. The van der Waals surface area contributed by atoms with E-state index in [1.807, 2.05) is 0 Å². The zero-order chi connectivity index (χ0) is 17.9. The van der Waals surface area contributed by atoms with Crippen LogP contribution in [0.25, 0.3) is 11.3 Å². The second kappa shape index (κ2) is 9.37. The van der Waals surface area contributed by atoms with Gasteiger partial charge >= 0.3 is 0 Å². The van der Waals surface area contributed by atoms with E-state index in [0.29, 0.717) is 4.57 Å². The SMILES string of the molecule is C#CCOc1cc(F)c(-c2[c-]cc(Cl)c(=O)n2CC(F)F)c(F)c1.[Y]. The Bertz CT molecular complexity index is 841. The number of ether oxygens (including phenoxy) is 1. The maximum Gasteiger partial charge on any atom is 0.256 e. The minimum absolute atomic E-state index is 0. The van der Waals surface area contributed by atoms with Gasteiger partial charge in [-0.2, -0.15) is 23.7 Å². The van der Waals surface area contributed by atoms with Crippen LogP contribution < -0.4 is 10.3 Å². The summed E-state index contributed by atoms with van der Waals surface area (Å²) in [5.74, 6) is -0.293. The van der Waals surface area contributed by atoms with E-state index in [0.717, 1.165) is 18.2 Å². The minimum atomic E-state index is -2.93. The molecular weight excluding hydrogens is 439 g/mol. The second-order valence-electron chi connectivity index (χ2n) is 4.55. The van der Waals surface area contributed by atoms with Crippen LogP contribution in [0.1, 0.15) is 0 Å². The molecule has 25 heavy (non-hydrogen) atoms. The Morgan fingerprint density at radius 1 is 1.32 bits per heavy atom. The molecular formula is C16H9ClF4NO2Y-. The summed E-state index contributed by atoms with van der Waals surface area (Å²) < 4.78 is 59.2. The Kier molecular flexibility index (Phi) is 8.13. The van der Waals surface area contributed by atoms with Crippen LogP contribution in [0.2, 0.25) is 5.02 Å². The monoisotopic (exact) mass is 447 g/mol. The van der Waals surface area contributed by atoms with Gasteiger partial charge in [0.05, 0.1) is 18.2 Å². The van der Waals surface area contributed by atoms with Crippen molar-refractivity contribution < 1.29 is 55.0 Å². The third-order valence-corrected chi connectivity index (χ3v) is 3.22. The molecule has 0 aliphatic heterocycles. The number of alkyl halides is 2. The van der Waals surface area contributed by atoms with Crippen LogP contribution in [0.5, 0.6) is 5.75 Å². The van der Waals surface area contributed by atoms with Gasteiger partial charge in [0.1, 0.15) is 12.4 Å². The van der Waals surface area contributed by atoms with E-state index in [4.69, 9.17) is 22.8 Å². The van der Waals surface area contributed by atoms with Gasteiger partial charge in [-0.1, -0.05) is 11.6 Å². The van der Waals surface area contributed by atoms with Crippen LogP contribution >= 0.6 is 11.6 Å². The molecule has 0 aliphatic carbocycles. The fourth-order valence-electron chi connectivity index (χ4n) is 2.01. The molecule has 0 saturated carbocycles. The predicted octanol–water partition coefficient (Wildman–Crippen LogP) is 3.52. The maximum absolute atomic E-state index is 14.2. The minimum Gasteiger partial charge on any atom is -0.481 e. The number of hydrogen-bond acceptors (Lipinski definition) is 2. The number of nitrogens with zero attached hydrogens (tertiary/aromatic N) is 1. The summed E-state index contributed by atoms with van der Waals surface area (Å²) in [5.41, 5.74) is -2.18. The molecule has 0 saturated heterocycles. The van der Waals surface area contributed by atoms with Crippen LogP contribution in [0.15, 0.2) is 23.0 Å². The summed E-state index contributed by atoms with van der Waals surface area (Å²) in [6.07, 6.45) is 2.05. The molecule has 1 radical (unpaired) electrons. The number of halogens is 5. The molecule has 0 amide bonds. The number of hydrogen-bond donors (Lipinski definition) is 0. The van der Waals surface area contributed by atoms with E-state index in [1.54, 1.807) is 0 Å². The fourth-order valence-corrected chi connectivity index (χ4v) is 2.16. The molecule has 1 aromatic heterocycles. The van der Waals surface area contributed by atoms with E-state index >= 15 is 0 Å². The quantitative estimate of drug-likeness (QED) is 0.399. The predicted molar refractivity (Wildman–Crippen MR) is 80.2 cm³/mol. The molecule has 2 rings (SSSR count). The van der Waals surface area contributed by atoms with Gasteiger partial charge < -0.3 is 9.30 Å². The number of benzene rings is 1. The van der Waals surface area contributed by atoms with E-state index in [-0.39, 0.29) is 45.1 Å². The van der Waals surface area contributed by atoms with Crippen molar-refractivity contribution in [3.8, 4) is 29.4 Å². The molecule has 0 aliphatic rings. The van der Waals surface area contributed by atoms with Gasteiger partial charge in [-0.3, -0.25) is 4.79 Å². The van der Waals surface area contributed by atoms with Gasteiger partial charge in [-0.05, 0) is 5.56 Å². The van der Waals surface area contributed by atoms with Crippen molar-refractivity contribution >= 4 is 11.6 Å². The van der Waals surface area contributed by atoms with Gasteiger partial charge in [-0.25, -0.2) is 17.6 Å². The zero-order valence-corrected chi connectivity index (χ0v) is 16.1. The number of pyridine rings is 1. The summed E-state index contributed by atoms with van der Waals surface area (Å²) in [4.78, 5) is 11.9. The van der Waals surface area contributed by atoms with Gasteiger partial charge in [0.2, 0.25) is 5.56 Å². The van der Waals surface area contributed by atoms with Gasteiger partial charge in [-0.15, -0.1) is 6.42 Å². The van der Waals surface area contributed by atoms with Gasteiger partial charge in [0.15, 0.2) is 0 Å². The van der Waals surface area contributed by atoms with Crippen molar-refractivity contribution in [3.63, 3.8) is 0 Å². The third kappa shape index (κ3) is 5.07. The molecule has 1 aromatic carbocycles. The molecule has 3 nitrogen and oxygen atoms in total. The second-order valence-corrected chi connectivity index (χ2v) is 4.95. The van der Waals surface area contributed by atoms with Crippen LogP contribution in [0.3, 0.4) is 0 Å². The average molecular weight is 448 g/mol. The van der Waals surface area contributed by atoms with Gasteiger partial charge in [0.25, 0.3) is 6.43 Å². The first-order valence-electron chi connectivity index (χ1n) is 6.50. The molecule has 9 heteroatoms. The average Bonchev–Trinajstić information content (AvgIpc) is 2.51. The van der Waals surface area contributed by atoms with Crippen molar-refractivity contribution in [2.24, 2.45) is 0 Å². The largest absolute Gasteiger partial charge is 0.481 e. The van der Waals surface area contributed by atoms with Crippen molar-refractivity contribution in [3.05, 3.63) is 51.3 Å². The van der Waals surface area contributed by atoms with E-state index in [2.05, 4.69) is 12.0 Å². The smallest absolute Gasteiger partial charge is 0.256 e. The summed E-state index contributed by atoms with van der Waals surface area (Å²) in [7, 11) is 0. The van der Waals surface area contributed by atoms with Crippen molar-refractivity contribution in [1.29, 1.82) is 0 Å². The topological polar surface area (TPSA) is 31.2 Å². The van der Waals surface area contributed by atoms with Crippen molar-refractivity contribution in [2.75, 3.05) is 6.61 Å². The zero-order valence-electron chi connectivity index (χ0n) is 12.5. The Hall–Kier alpha value is -1.36. The Morgan fingerprint density at radius 3 is 2.44 bits per heavy atom. The molecule has 0 atom stereocenters. The standard InChI is InChI=1S/C16H9ClF4NO2.Y/c1-2-5-24-9-6-11(18)15(12(19)7-9)13-4-3-10(17)16(23)22(13)8-14(20)21;/h1,3,6-7,14H,5,8H2;/q-1;. The fraction of sp³-hybridized carbons (Fsp3) is 0.188. The molecule has 0 fully saturated rings. The van der Waals surface area contributed by atoms with Crippen molar-refractivity contribution in [1.82, 2.24) is 4.57 Å². The Balaban J connectivity index is 0.00000312. The number of aromatic nitrogens is 1. The molecule has 2 aromatic rings. The number of terminal acetylenes is 1. The summed E-state index contributed by atoms with van der Waals surface area (Å²) >= 11 is 5.58. The molecule has 0 N–H and O–H groups in total. The summed E-state index contributed by atoms with van der Waals surface area (Å²) in [5, 5.41) is -0.394. The normalized spacial score (nSPS) is 10.3. The molecule has 129 valence electrons. The first-order chi connectivity index (χ1) is 11.3. The first kappa shape index (κ1) is 21.7. The molecule has 0 spiro atoms.